The molecule has 1 fully saturated rings. The standard InChI is InChI=1S/C23H21N3O5/c1-3-13-5-4-6-15-16(10-24-20(13)15)17(27)11-26-21(28)23(2,25-22(26)29)14-7-8-18-19(9-14)31-12-30-18/h4-10,24H,3,11-12H2,1-2H3,(H,25,29)/t23-/m0/s1. The minimum Gasteiger partial charge on any atom is -0.454 e. The predicted octanol–water partition coefficient (Wildman–Crippen LogP) is 3.11. The monoisotopic (exact) mass is 419 g/mol. The van der Waals surface area contributed by atoms with Crippen LogP contribution in [0.15, 0.2) is 42.6 Å². The first-order valence-corrected chi connectivity index (χ1v) is 10.1. The Morgan fingerprint density at radius 3 is 2.77 bits per heavy atom. The summed E-state index contributed by atoms with van der Waals surface area (Å²) in [5.74, 6) is 0.305. The summed E-state index contributed by atoms with van der Waals surface area (Å²) in [6, 6.07) is 10.2. The second-order valence-corrected chi connectivity index (χ2v) is 7.83. The van der Waals surface area contributed by atoms with E-state index in [9.17, 15) is 14.4 Å². The topological polar surface area (TPSA) is 101 Å². The first-order chi connectivity index (χ1) is 14.9. The molecule has 3 heterocycles. The lowest BCUT2D eigenvalue weighted by atomic mass is 9.91. The molecule has 5 rings (SSSR count). The molecule has 3 aromatic rings. The maximum absolute atomic E-state index is 13.2. The Morgan fingerprint density at radius 2 is 1.97 bits per heavy atom. The number of H-pyrrole nitrogens is 1. The fourth-order valence-corrected chi connectivity index (χ4v) is 4.21. The van der Waals surface area contributed by atoms with Crippen molar-refractivity contribution in [2.24, 2.45) is 0 Å². The van der Waals surface area contributed by atoms with Gasteiger partial charge in [0.1, 0.15) is 5.54 Å². The van der Waals surface area contributed by atoms with Crippen molar-refractivity contribution in [3.8, 4) is 11.5 Å². The van der Waals surface area contributed by atoms with Gasteiger partial charge < -0.3 is 19.8 Å². The van der Waals surface area contributed by atoms with Gasteiger partial charge in [-0.05, 0) is 36.6 Å². The normalized spacial score (nSPS) is 19.9. The van der Waals surface area contributed by atoms with Gasteiger partial charge in [-0.2, -0.15) is 0 Å². The number of urea groups is 1. The summed E-state index contributed by atoms with van der Waals surface area (Å²) >= 11 is 0. The highest BCUT2D eigenvalue weighted by Gasteiger charge is 2.50. The first-order valence-electron chi connectivity index (χ1n) is 10.1. The fraction of sp³-hybridized carbons (Fsp3) is 0.261. The number of ether oxygens (including phenoxy) is 2. The Bertz CT molecular complexity index is 1250. The number of carbonyl (C=O) groups is 3. The van der Waals surface area contributed by atoms with E-state index in [-0.39, 0.29) is 19.1 Å². The van der Waals surface area contributed by atoms with E-state index < -0.39 is 17.5 Å². The van der Waals surface area contributed by atoms with Crippen molar-refractivity contribution in [2.75, 3.05) is 13.3 Å². The number of Topliss-reactive ketones (excluding diaryl/α,β-unsaturated/α-hetero) is 1. The number of rotatable bonds is 5. The molecule has 2 N–H and O–H groups in total. The quantitative estimate of drug-likeness (QED) is 0.489. The molecule has 8 heteroatoms. The molecule has 0 radical (unpaired) electrons. The van der Waals surface area contributed by atoms with Gasteiger partial charge in [0.05, 0.1) is 6.54 Å². The van der Waals surface area contributed by atoms with Gasteiger partial charge in [-0.1, -0.05) is 31.2 Å². The number of imide groups is 1. The van der Waals surface area contributed by atoms with E-state index in [0.29, 0.717) is 22.6 Å². The Morgan fingerprint density at radius 1 is 1.16 bits per heavy atom. The third kappa shape index (κ3) is 2.86. The Hall–Kier alpha value is -3.81. The van der Waals surface area contributed by atoms with Crippen molar-refractivity contribution in [2.45, 2.75) is 25.8 Å². The van der Waals surface area contributed by atoms with Crippen LogP contribution in [0.1, 0.15) is 35.3 Å². The van der Waals surface area contributed by atoms with Gasteiger partial charge in [-0.3, -0.25) is 14.5 Å². The van der Waals surface area contributed by atoms with Crippen LogP contribution in [-0.4, -0.2) is 40.9 Å². The molecule has 0 aliphatic carbocycles. The number of aromatic amines is 1. The summed E-state index contributed by atoms with van der Waals surface area (Å²) in [6.07, 6.45) is 2.47. The molecule has 1 saturated heterocycles. The van der Waals surface area contributed by atoms with Crippen molar-refractivity contribution in [1.82, 2.24) is 15.2 Å². The number of carbonyl (C=O) groups excluding carboxylic acids is 3. The lowest BCUT2D eigenvalue weighted by Gasteiger charge is -2.22. The molecule has 0 spiro atoms. The molecule has 2 aliphatic heterocycles. The van der Waals surface area contributed by atoms with Crippen molar-refractivity contribution in [1.29, 1.82) is 0 Å². The van der Waals surface area contributed by atoms with Crippen molar-refractivity contribution in [3.63, 3.8) is 0 Å². The lowest BCUT2D eigenvalue weighted by Crippen LogP contribution is -2.41. The van der Waals surface area contributed by atoms with E-state index >= 15 is 0 Å². The van der Waals surface area contributed by atoms with Gasteiger partial charge in [-0.15, -0.1) is 0 Å². The molecule has 2 aliphatic rings. The van der Waals surface area contributed by atoms with Gasteiger partial charge in [0, 0.05) is 22.7 Å². The summed E-state index contributed by atoms with van der Waals surface area (Å²) < 4.78 is 10.7. The van der Waals surface area contributed by atoms with Crippen LogP contribution in [0.5, 0.6) is 11.5 Å². The van der Waals surface area contributed by atoms with Crippen LogP contribution in [0.4, 0.5) is 4.79 Å². The van der Waals surface area contributed by atoms with Crippen molar-refractivity contribution < 1.29 is 23.9 Å². The number of hydrogen-bond donors (Lipinski definition) is 2. The highest BCUT2D eigenvalue weighted by Crippen LogP contribution is 2.38. The number of nitrogens with one attached hydrogen (secondary N) is 2. The Labute approximate surface area is 178 Å². The Kier molecular flexibility index (Phi) is 4.25. The zero-order chi connectivity index (χ0) is 21.8. The van der Waals surface area contributed by atoms with E-state index in [1.807, 2.05) is 25.1 Å². The summed E-state index contributed by atoms with van der Waals surface area (Å²) in [6.45, 7) is 3.44. The summed E-state index contributed by atoms with van der Waals surface area (Å²) in [5.41, 5.74) is 1.72. The van der Waals surface area contributed by atoms with Crippen molar-refractivity contribution >= 4 is 28.6 Å². The molecule has 1 aromatic heterocycles. The van der Waals surface area contributed by atoms with Crippen LogP contribution < -0.4 is 14.8 Å². The second kappa shape index (κ2) is 6.87. The summed E-state index contributed by atoms with van der Waals surface area (Å²) in [5, 5.41) is 3.51. The molecule has 0 saturated carbocycles. The maximum atomic E-state index is 13.2. The zero-order valence-corrected chi connectivity index (χ0v) is 17.2. The summed E-state index contributed by atoms with van der Waals surface area (Å²) in [7, 11) is 0. The average Bonchev–Trinajstić information content (AvgIpc) is 3.46. The number of amides is 3. The van der Waals surface area contributed by atoms with E-state index in [4.69, 9.17) is 9.47 Å². The highest BCUT2D eigenvalue weighted by atomic mass is 16.7. The molecule has 158 valence electrons. The molecule has 2 aromatic carbocycles. The number of aromatic nitrogens is 1. The van der Waals surface area contributed by atoms with Gasteiger partial charge in [0.25, 0.3) is 5.91 Å². The molecule has 0 bridgehead atoms. The number of ketones is 1. The highest BCUT2D eigenvalue weighted by molar-refractivity contribution is 6.14. The zero-order valence-electron chi connectivity index (χ0n) is 17.2. The number of aryl methyl sites for hydroxylation is 1. The van der Waals surface area contributed by atoms with Gasteiger partial charge in [-0.25, -0.2) is 4.79 Å². The Balaban J connectivity index is 1.42. The smallest absolute Gasteiger partial charge is 0.325 e. The number of hydrogen-bond acceptors (Lipinski definition) is 5. The van der Waals surface area contributed by atoms with Crippen LogP contribution in [0.3, 0.4) is 0 Å². The van der Waals surface area contributed by atoms with Gasteiger partial charge >= 0.3 is 6.03 Å². The van der Waals surface area contributed by atoms with Crippen LogP contribution in [0.25, 0.3) is 10.9 Å². The molecule has 0 unspecified atom stereocenters. The van der Waals surface area contributed by atoms with Crippen LogP contribution >= 0.6 is 0 Å². The maximum Gasteiger partial charge on any atom is 0.325 e. The third-order valence-electron chi connectivity index (χ3n) is 6.01. The summed E-state index contributed by atoms with van der Waals surface area (Å²) in [4.78, 5) is 43.0. The molecule has 1 atom stereocenters. The predicted molar refractivity (Wildman–Crippen MR) is 112 cm³/mol. The first kappa shape index (κ1) is 19.2. The third-order valence-corrected chi connectivity index (χ3v) is 6.01. The fourth-order valence-electron chi connectivity index (χ4n) is 4.21. The SMILES string of the molecule is CCc1cccc2c(C(=O)CN3C(=O)N[C@@](C)(c4ccc5c(c4)OCO5)C3=O)c[nH]c12. The van der Waals surface area contributed by atoms with E-state index in [0.717, 1.165) is 27.8 Å². The number of fused-ring (bicyclic) bond motifs is 2. The lowest BCUT2D eigenvalue weighted by molar-refractivity contribution is -0.130. The van der Waals surface area contributed by atoms with Crippen LogP contribution in [0, 0.1) is 0 Å². The van der Waals surface area contributed by atoms with Crippen molar-refractivity contribution in [3.05, 3.63) is 59.3 Å². The van der Waals surface area contributed by atoms with E-state index in [1.165, 1.54) is 0 Å². The van der Waals surface area contributed by atoms with Crippen LogP contribution in [0.2, 0.25) is 0 Å². The molecule has 3 amide bonds. The largest absolute Gasteiger partial charge is 0.454 e. The molecule has 8 nitrogen and oxygen atoms in total. The minimum atomic E-state index is -1.30. The number of nitrogens with zero attached hydrogens (tertiary/aromatic N) is 1. The van der Waals surface area contributed by atoms with Gasteiger partial charge in [0.15, 0.2) is 17.3 Å². The van der Waals surface area contributed by atoms with Gasteiger partial charge in [0.2, 0.25) is 6.79 Å². The molecular formula is C23H21N3O5. The molecule has 31 heavy (non-hydrogen) atoms. The number of para-hydroxylation sites is 1. The average molecular weight is 419 g/mol. The molecular weight excluding hydrogens is 398 g/mol. The second-order valence-electron chi connectivity index (χ2n) is 7.83. The number of benzene rings is 2. The van der Waals surface area contributed by atoms with Crippen LogP contribution in [-0.2, 0) is 16.8 Å². The van der Waals surface area contributed by atoms with E-state index in [2.05, 4.69) is 10.3 Å². The minimum absolute atomic E-state index is 0.112. The van der Waals surface area contributed by atoms with E-state index in [1.54, 1.807) is 31.3 Å².